The van der Waals surface area contributed by atoms with Gasteiger partial charge in [0, 0.05) is 32.0 Å². The Morgan fingerprint density at radius 2 is 2.00 bits per heavy atom. The zero-order chi connectivity index (χ0) is 13.9. The fraction of sp³-hybridized carbons (Fsp3) is 0.250. The van der Waals surface area contributed by atoms with E-state index in [1.165, 1.54) is 0 Å². The zero-order valence-corrected chi connectivity index (χ0v) is 11.1. The van der Waals surface area contributed by atoms with E-state index in [0.29, 0.717) is 6.54 Å². The highest BCUT2D eigenvalue weighted by atomic mass is 16.4. The second-order valence-corrected chi connectivity index (χ2v) is 5.11. The molecule has 1 aromatic heterocycles. The second kappa shape index (κ2) is 5.43. The molecule has 0 amide bonds. The van der Waals surface area contributed by atoms with Crippen molar-refractivity contribution in [3.63, 3.8) is 0 Å². The van der Waals surface area contributed by atoms with E-state index in [9.17, 15) is 9.90 Å². The predicted molar refractivity (Wildman–Crippen MR) is 75.2 cm³/mol. The van der Waals surface area contributed by atoms with E-state index in [0.717, 1.165) is 29.8 Å². The molecule has 3 rings (SSSR count). The molecule has 0 fully saturated rings. The van der Waals surface area contributed by atoms with Crippen molar-refractivity contribution in [2.24, 2.45) is 0 Å². The van der Waals surface area contributed by atoms with Crippen LogP contribution in [-0.2, 0) is 17.9 Å². The van der Waals surface area contributed by atoms with Gasteiger partial charge in [-0.05, 0) is 28.8 Å². The summed E-state index contributed by atoms with van der Waals surface area (Å²) in [4.78, 5) is 17.7. The van der Waals surface area contributed by atoms with Crippen LogP contribution in [-0.4, -0.2) is 27.5 Å². The number of benzene rings is 1. The number of rotatable bonds is 3. The van der Waals surface area contributed by atoms with Crippen LogP contribution in [0.2, 0.25) is 0 Å². The summed E-state index contributed by atoms with van der Waals surface area (Å²) in [6.45, 7) is 2.09. The highest BCUT2D eigenvalue weighted by molar-refractivity contribution is 5.77. The molecule has 1 N–H and O–H groups in total. The number of hydrogen-bond acceptors (Lipinski definition) is 3. The number of carboxylic acid groups (broad SMARTS) is 1. The minimum atomic E-state index is -0.753. The Hall–Kier alpha value is -2.20. The van der Waals surface area contributed by atoms with Crippen LogP contribution in [0.3, 0.4) is 0 Å². The normalized spacial score (nSPS) is 18.5. The summed E-state index contributed by atoms with van der Waals surface area (Å²) in [5.74, 6) is -1.20. The van der Waals surface area contributed by atoms with E-state index >= 15 is 0 Å². The van der Waals surface area contributed by atoms with Gasteiger partial charge in [-0.15, -0.1) is 0 Å². The van der Waals surface area contributed by atoms with Gasteiger partial charge >= 0.3 is 5.97 Å². The minimum Gasteiger partial charge on any atom is -0.481 e. The van der Waals surface area contributed by atoms with E-state index in [1.807, 2.05) is 36.4 Å². The maximum atomic E-state index is 11.5. The standard InChI is InChI=1S/C16H16N2O2/c19-16(20)15-11-18(9-12-5-7-17-8-6-12)10-13-3-1-2-4-14(13)15/h1-8,15H,9-11H2,(H,19,20). The lowest BCUT2D eigenvalue weighted by molar-refractivity contribution is -0.139. The van der Waals surface area contributed by atoms with Gasteiger partial charge in [0.15, 0.2) is 0 Å². The van der Waals surface area contributed by atoms with Gasteiger partial charge in [-0.2, -0.15) is 0 Å². The van der Waals surface area contributed by atoms with Gasteiger partial charge in [0.05, 0.1) is 5.92 Å². The zero-order valence-electron chi connectivity index (χ0n) is 11.1. The van der Waals surface area contributed by atoms with Gasteiger partial charge in [-0.1, -0.05) is 24.3 Å². The average Bonchev–Trinajstić information content (AvgIpc) is 2.47. The maximum Gasteiger partial charge on any atom is 0.312 e. The smallest absolute Gasteiger partial charge is 0.312 e. The Kier molecular flexibility index (Phi) is 3.48. The molecule has 4 heteroatoms. The maximum absolute atomic E-state index is 11.5. The summed E-state index contributed by atoms with van der Waals surface area (Å²) in [6, 6.07) is 11.8. The van der Waals surface area contributed by atoms with Crippen molar-refractivity contribution < 1.29 is 9.90 Å². The monoisotopic (exact) mass is 268 g/mol. The molecule has 2 aromatic rings. The molecule has 0 saturated carbocycles. The van der Waals surface area contributed by atoms with E-state index in [2.05, 4.69) is 9.88 Å². The van der Waals surface area contributed by atoms with Gasteiger partial charge in [-0.3, -0.25) is 14.7 Å². The largest absolute Gasteiger partial charge is 0.481 e. The van der Waals surface area contributed by atoms with Crippen LogP contribution in [0, 0.1) is 0 Å². The lowest BCUT2D eigenvalue weighted by Gasteiger charge is -2.32. The summed E-state index contributed by atoms with van der Waals surface area (Å²) >= 11 is 0. The molecular formula is C16H16N2O2. The molecule has 102 valence electrons. The van der Waals surface area contributed by atoms with Gasteiger partial charge in [0.25, 0.3) is 0 Å². The number of aliphatic carboxylic acids is 1. The lowest BCUT2D eigenvalue weighted by atomic mass is 9.89. The van der Waals surface area contributed by atoms with Crippen molar-refractivity contribution in [2.75, 3.05) is 6.54 Å². The summed E-state index contributed by atoms with van der Waals surface area (Å²) < 4.78 is 0. The number of hydrogen-bond donors (Lipinski definition) is 1. The molecule has 1 aliphatic heterocycles. The van der Waals surface area contributed by atoms with Crippen LogP contribution < -0.4 is 0 Å². The quantitative estimate of drug-likeness (QED) is 0.927. The molecule has 0 spiro atoms. The van der Waals surface area contributed by atoms with E-state index < -0.39 is 11.9 Å². The van der Waals surface area contributed by atoms with Crippen LogP contribution in [0.1, 0.15) is 22.6 Å². The highest BCUT2D eigenvalue weighted by Gasteiger charge is 2.29. The average molecular weight is 268 g/mol. The molecule has 20 heavy (non-hydrogen) atoms. The van der Waals surface area contributed by atoms with Gasteiger partial charge in [-0.25, -0.2) is 0 Å². The third-order valence-electron chi connectivity index (χ3n) is 3.72. The first-order valence-electron chi connectivity index (χ1n) is 6.66. The number of nitrogens with zero attached hydrogens (tertiary/aromatic N) is 2. The van der Waals surface area contributed by atoms with Crippen molar-refractivity contribution in [2.45, 2.75) is 19.0 Å². The Labute approximate surface area is 117 Å². The van der Waals surface area contributed by atoms with E-state index in [4.69, 9.17) is 0 Å². The summed E-state index contributed by atoms with van der Waals surface area (Å²) in [5, 5.41) is 9.43. The van der Waals surface area contributed by atoms with E-state index in [-0.39, 0.29) is 0 Å². The summed E-state index contributed by atoms with van der Waals surface area (Å²) in [6.07, 6.45) is 3.53. The first-order chi connectivity index (χ1) is 9.74. The molecule has 1 aromatic carbocycles. The fourth-order valence-electron chi connectivity index (χ4n) is 2.76. The summed E-state index contributed by atoms with van der Waals surface area (Å²) in [7, 11) is 0. The summed E-state index contributed by atoms with van der Waals surface area (Å²) in [5.41, 5.74) is 3.22. The van der Waals surface area contributed by atoms with Crippen LogP contribution in [0.15, 0.2) is 48.8 Å². The van der Waals surface area contributed by atoms with Crippen molar-refractivity contribution in [3.8, 4) is 0 Å². The fourth-order valence-corrected chi connectivity index (χ4v) is 2.76. The molecule has 1 unspecified atom stereocenters. The van der Waals surface area contributed by atoms with Crippen LogP contribution in [0.4, 0.5) is 0 Å². The molecule has 2 heterocycles. The Balaban J connectivity index is 1.85. The highest BCUT2D eigenvalue weighted by Crippen LogP contribution is 2.29. The Morgan fingerprint density at radius 3 is 2.75 bits per heavy atom. The Bertz CT molecular complexity index is 613. The molecule has 4 nitrogen and oxygen atoms in total. The third-order valence-corrected chi connectivity index (χ3v) is 3.72. The predicted octanol–water partition coefficient (Wildman–Crippen LogP) is 2.27. The van der Waals surface area contributed by atoms with Gasteiger partial charge in [0.1, 0.15) is 0 Å². The van der Waals surface area contributed by atoms with Crippen molar-refractivity contribution in [1.82, 2.24) is 9.88 Å². The first kappa shape index (κ1) is 12.8. The first-order valence-corrected chi connectivity index (χ1v) is 6.66. The van der Waals surface area contributed by atoms with Crippen molar-refractivity contribution in [3.05, 3.63) is 65.5 Å². The third kappa shape index (κ3) is 2.56. The number of carbonyl (C=O) groups is 1. The minimum absolute atomic E-state index is 0.443. The van der Waals surface area contributed by atoms with Crippen LogP contribution >= 0.6 is 0 Å². The van der Waals surface area contributed by atoms with Gasteiger partial charge < -0.3 is 5.11 Å². The molecule has 1 atom stereocenters. The number of aromatic nitrogens is 1. The number of fused-ring (bicyclic) bond motifs is 1. The topological polar surface area (TPSA) is 53.4 Å². The van der Waals surface area contributed by atoms with Gasteiger partial charge in [0.2, 0.25) is 0 Å². The van der Waals surface area contributed by atoms with Crippen molar-refractivity contribution in [1.29, 1.82) is 0 Å². The Morgan fingerprint density at radius 1 is 1.25 bits per heavy atom. The molecule has 0 bridgehead atoms. The van der Waals surface area contributed by atoms with Crippen LogP contribution in [0.25, 0.3) is 0 Å². The molecule has 0 saturated heterocycles. The second-order valence-electron chi connectivity index (χ2n) is 5.11. The molecule has 0 aliphatic carbocycles. The van der Waals surface area contributed by atoms with E-state index in [1.54, 1.807) is 12.4 Å². The number of carboxylic acids is 1. The molecule has 0 radical (unpaired) electrons. The number of pyridine rings is 1. The lowest BCUT2D eigenvalue weighted by Crippen LogP contribution is -2.36. The van der Waals surface area contributed by atoms with Crippen molar-refractivity contribution >= 4 is 5.97 Å². The molecule has 1 aliphatic rings. The molecular weight excluding hydrogens is 252 g/mol. The van der Waals surface area contributed by atoms with Crippen LogP contribution in [0.5, 0.6) is 0 Å². The SMILES string of the molecule is O=C(O)C1CN(Cc2ccncc2)Cc2ccccc21.